The second-order valence-corrected chi connectivity index (χ2v) is 5.46. The molecule has 2 aromatic carbocycles. The Hall–Kier alpha value is -2.73. The first-order valence-electron chi connectivity index (χ1n) is 7.52. The fourth-order valence-electron chi connectivity index (χ4n) is 2.05. The van der Waals surface area contributed by atoms with Gasteiger partial charge in [-0.2, -0.15) is 0 Å². The standard InChI is InChI=1S/C18H18ClNO5/c1-12(21)25-17-8-5-14(11-16(17)18(22)23-2)20-9-10-24-15-6-3-13(19)4-7-15/h3-8,11,20H,9-10H2,1-2H3. The highest BCUT2D eigenvalue weighted by Gasteiger charge is 2.15. The second-order valence-electron chi connectivity index (χ2n) is 5.03. The molecule has 0 aliphatic rings. The number of rotatable bonds is 7. The van der Waals surface area contributed by atoms with E-state index in [1.54, 1.807) is 36.4 Å². The fourth-order valence-corrected chi connectivity index (χ4v) is 2.17. The third-order valence-corrected chi connectivity index (χ3v) is 3.40. The summed E-state index contributed by atoms with van der Waals surface area (Å²) < 4.78 is 15.3. The van der Waals surface area contributed by atoms with E-state index < -0.39 is 11.9 Å². The Morgan fingerprint density at radius 1 is 1.12 bits per heavy atom. The third-order valence-electron chi connectivity index (χ3n) is 3.15. The maximum atomic E-state index is 11.8. The Balaban J connectivity index is 1.96. The van der Waals surface area contributed by atoms with Crippen molar-refractivity contribution < 1.29 is 23.8 Å². The van der Waals surface area contributed by atoms with E-state index in [0.717, 1.165) is 0 Å². The molecule has 2 aromatic rings. The van der Waals surface area contributed by atoms with Gasteiger partial charge in [0.05, 0.1) is 7.11 Å². The van der Waals surface area contributed by atoms with Crippen LogP contribution in [-0.4, -0.2) is 32.2 Å². The first kappa shape index (κ1) is 18.6. The van der Waals surface area contributed by atoms with Crippen molar-refractivity contribution in [1.29, 1.82) is 0 Å². The lowest BCUT2D eigenvalue weighted by Crippen LogP contribution is -2.13. The topological polar surface area (TPSA) is 73.9 Å². The molecule has 0 heterocycles. The molecule has 0 aliphatic carbocycles. The van der Waals surface area contributed by atoms with Crippen LogP contribution in [0.3, 0.4) is 0 Å². The summed E-state index contributed by atoms with van der Waals surface area (Å²) >= 11 is 5.81. The number of hydrogen-bond acceptors (Lipinski definition) is 6. The zero-order valence-electron chi connectivity index (χ0n) is 13.9. The zero-order chi connectivity index (χ0) is 18.2. The van der Waals surface area contributed by atoms with Gasteiger partial charge in [-0.15, -0.1) is 0 Å². The number of halogens is 1. The van der Waals surface area contributed by atoms with Crippen molar-refractivity contribution in [2.75, 3.05) is 25.6 Å². The first-order chi connectivity index (χ1) is 12.0. The summed E-state index contributed by atoms with van der Waals surface area (Å²) in [5.41, 5.74) is 0.845. The molecule has 1 N–H and O–H groups in total. The summed E-state index contributed by atoms with van der Waals surface area (Å²) in [5.74, 6) is -0.228. The van der Waals surface area contributed by atoms with Gasteiger partial charge in [-0.25, -0.2) is 4.79 Å². The van der Waals surface area contributed by atoms with Gasteiger partial charge in [0.15, 0.2) is 0 Å². The second kappa shape index (κ2) is 8.94. The van der Waals surface area contributed by atoms with Gasteiger partial charge < -0.3 is 19.5 Å². The minimum atomic E-state index is -0.586. The number of methoxy groups -OCH3 is 1. The Labute approximate surface area is 150 Å². The van der Waals surface area contributed by atoms with Crippen LogP contribution in [0.1, 0.15) is 17.3 Å². The summed E-state index contributed by atoms with van der Waals surface area (Å²) in [6.07, 6.45) is 0. The van der Waals surface area contributed by atoms with Crippen LogP contribution in [0.5, 0.6) is 11.5 Å². The van der Waals surface area contributed by atoms with Gasteiger partial charge in [0.2, 0.25) is 0 Å². The van der Waals surface area contributed by atoms with E-state index >= 15 is 0 Å². The van der Waals surface area contributed by atoms with Crippen molar-refractivity contribution in [2.24, 2.45) is 0 Å². The fraction of sp³-hybridized carbons (Fsp3) is 0.222. The van der Waals surface area contributed by atoms with Crippen LogP contribution in [0.4, 0.5) is 5.69 Å². The van der Waals surface area contributed by atoms with Crippen molar-refractivity contribution in [2.45, 2.75) is 6.92 Å². The lowest BCUT2D eigenvalue weighted by atomic mass is 10.1. The van der Waals surface area contributed by atoms with E-state index in [1.165, 1.54) is 20.1 Å². The number of benzene rings is 2. The highest BCUT2D eigenvalue weighted by molar-refractivity contribution is 6.30. The number of hydrogen-bond donors (Lipinski definition) is 1. The number of nitrogens with one attached hydrogen (secondary N) is 1. The SMILES string of the molecule is COC(=O)c1cc(NCCOc2ccc(Cl)cc2)ccc1OC(C)=O. The average molecular weight is 364 g/mol. The lowest BCUT2D eigenvalue weighted by Gasteiger charge is -2.12. The normalized spacial score (nSPS) is 10.0. The molecule has 0 aromatic heterocycles. The van der Waals surface area contributed by atoms with Crippen LogP contribution in [0.25, 0.3) is 0 Å². The monoisotopic (exact) mass is 363 g/mol. The molecule has 2 rings (SSSR count). The molecular weight excluding hydrogens is 346 g/mol. The van der Waals surface area contributed by atoms with Gasteiger partial charge in [0.1, 0.15) is 23.7 Å². The molecule has 0 saturated carbocycles. The molecule has 0 atom stereocenters. The van der Waals surface area contributed by atoms with Crippen LogP contribution in [0, 0.1) is 0 Å². The Kier molecular flexibility index (Phi) is 6.65. The minimum Gasteiger partial charge on any atom is -0.492 e. The number of esters is 2. The maximum absolute atomic E-state index is 11.8. The van der Waals surface area contributed by atoms with Gasteiger partial charge in [-0.3, -0.25) is 4.79 Å². The Morgan fingerprint density at radius 2 is 1.84 bits per heavy atom. The quantitative estimate of drug-likeness (QED) is 0.460. The summed E-state index contributed by atoms with van der Waals surface area (Å²) in [7, 11) is 1.26. The number of ether oxygens (including phenoxy) is 3. The largest absolute Gasteiger partial charge is 0.492 e. The molecule has 7 heteroatoms. The van der Waals surface area contributed by atoms with Gasteiger partial charge in [-0.05, 0) is 42.5 Å². The lowest BCUT2D eigenvalue weighted by molar-refractivity contribution is -0.131. The van der Waals surface area contributed by atoms with Crippen LogP contribution in [0.2, 0.25) is 5.02 Å². The molecule has 0 radical (unpaired) electrons. The maximum Gasteiger partial charge on any atom is 0.341 e. The molecule has 0 unspecified atom stereocenters. The van der Waals surface area contributed by atoms with Crippen molar-refractivity contribution >= 4 is 29.2 Å². The summed E-state index contributed by atoms with van der Waals surface area (Å²) in [5, 5.41) is 3.77. The van der Waals surface area contributed by atoms with Crippen molar-refractivity contribution in [1.82, 2.24) is 0 Å². The first-order valence-corrected chi connectivity index (χ1v) is 7.90. The summed E-state index contributed by atoms with van der Waals surface area (Å²) in [6, 6.07) is 11.9. The number of carbonyl (C=O) groups excluding carboxylic acids is 2. The summed E-state index contributed by atoms with van der Waals surface area (Å²) in [6.45, 7) is 2.19. The van der Waals surface area contributed by atoms with Crippen molar-refractivity contribution in [3.63, 3.8) is 0 Å². The van der Waals surface area contributed by atoms with E-state index in [1.807, 2.05) is 0 Å². The molecule has 0 fully saturated rings. The smallest absolute Gasteiger partial charge is 0.341 e. The van der Waals surface area contributed by atoms with E-state index in [9.17, 15) is 9.59 Å². The molecule has 0 spiro atoms. The van der Waals surface area contributed by atoms with Gasteiger partial charge in [-0.1, -0.05) is 11.6 Å². The van der Waals surface area contributed by atoms with E-state index in [4.69, 9.17) is 25.8 Å². The zero-order valence-corrected chi connectivity index (χ0v) is 14.6. The predicted octanol–water partition coefficient (Wildman–Crippen LogP) is 3.54. The molecule has 0 amide bonds. The Morgan fingerprint density at radius 3 is 2.48 bits per heavy atom. The summed E-state index contributed by atoms with van der Waals surface area (Å²) in [4.78, 5) is 22.9. The van der Waals surface area contributed by atoms with E-state index in [2.05, 4.69) is 5.32 Å². The van der Waals surface area contributed by atoms with Crippen LogP contribution < -0.4 is 14.8 Å². The van der Waals surface area contributed by atoms with Crippen LogP contribution >= 0.6 is 11.6 Å². The van der Waals surface area contributed by atoms with Crippen molar-refractivity contribution in [3.8, 4) is 11.5 Å². The highest BCUT2D eigenvalue weighted by Crippen LogP contribution is 2.24. The predicted molar refractivity (Wildman–Crippen MR) is 94.5 cm³/mol. The van der Waals surface area contributed by atoms with E-state index in [-0.39, 0.29) is 11.3 Å². The number of carbonyl (C=O) groups is 2. The molecule has 132 valence electrons. The molecule has 6 nitrogen and oxygen atoms in total. The highest BCUT2D eigenvalue weighted by atomic mass is 35.5. The van der Waals surface area contributed by atoms with Crippen LogP contribution in [0.15, 0.2) is 42.5 Å². The molecule has 0 bridgehead atoms. The average Bonchev–Trinajstić information content (AvgIpc) is 2.60. The third kappa shape index (κ3) is 5.69. The van der Waals surface area contributed by atoms with E-state index in [0.29, 0.717) is 29.6 Å². The van der Waals surface area contributed by atoms with Gasteiger partial charge in [0.25, 0.3) is 0 Å². The molecule has 0 saturated heterocycles. The molecular formula is C18H18ClNO5. The minimum absolute atomic E-state index is 0.155. The van der Waals surface area contributed by atoms with Crippen LogP contribution in [-0.2, 0) is 9.53 Å². The van der Waals surface area contributed by atoms with Gasteiger partial charge in [0, 0.05) is 24.2 Å². The number of anilines is 1. The molecule has 25 heavy (non-hydrogen) atoms. The van der Waals surface area contributed by atoms with Crippen molar-refractivity contribution in [3.05, 3.63) is 53.1 Å². The van der Waals surface area contributed by atoms with Gasteiger partial charge >= 0.3 is 11.9 Å². The Bertz CT molecular complexity index is 746. The molecule has 0 aliphatic heterocycles.